The molecule has 3 unspecified atom stereocenters. The predicted molar refractivity (Wildman–Crippen MR) is 301 cm³/mol. The maximum Gasteiger partial charge on any atom is 0.407 e. The van der Waals surface area contributed by atoms with Gasteiger partial charge in [-0.1, -0.05) is 102 Å². The fourth-order valence-electron chi connectivity index (χ4n) is 9.23. The standard InChI is InChI=1S/C58H86N6O20/c1-56(2,3)48(62-55(75)82-33-32-81-31-30-80-29-28-79-27-26-78-25-24-76-7)51(71)60-43(34-38-14-10-9-11-15-38)41(58(44(66)37-65)50(47(70)53(73)84-58)83-46(69)22-21-45(67)68)36-64(63-52(72)49(57(4,5)6)61-54(74)77-8)35-39-17-19-40(20-18-39)42-16-12-13-23-59-42/h9-20,23,41,43-44,47-50,53,65-66,70,73H,21-22,24-37H2,1-8H3,(H,60,71)(H,61,74)(H,62,75)(H,63,72)(H,67,68)/t41?,43?,44-,47-,48+,49?,50-,53+,58-/m1/s1. The second kappa shape index (κ2) is 35.1. The first kappa shape index (κ1) is 70.1. The Morgan fingerprint density at radius 2 is 1.25 bits per heavy atom. The zero-order valence-corrected chi connectivity index (χ0v) is 49.2. The van der Waals surface area contributed by atoms with E-state index in [4.69, 9.17) is 42.6 Å². The van der Waals surface area contributed by atoms with Crippen molar-refractivity contribution in [2.24, 2.45) is 16.7 Å². The topological polar surface area (TPSA) is 351 Å². The number of alkyl carbamates (subject to hydrolysis) is 2. The summed E-state index contributed by atoms with van der Waals surface area (Å²) in [4.78, 5) is 86.0. The number of pyridine rings is 1. The number of methoxy groups -OCH3 is 2. The number of carbonyl (C=O) groups excluding carboxylic acids is 5. The van der Waals surface area contributed by atoms with Crippen molar-refractivity contribution in [2.45, 2.75) is 116 Å². The van der Waals surface area contributed by atoms with Crippen molar-refractivity contribution in [1.29, 1.82) is 0 Å². The number of aliphatic hydroxyl groups excluding tert-OH is 4. The lowest BCUT2D eigenvalue weighted by Crippen LogP contribution is -2.69. The molecule has 0 saturated carbocycles. The fourth-order valence-corrected chi connectivity index (χ4v) is 9.23. The summed E-state index contributed by atoms with van der Waals surface area (Å²) in [6, 6.07) is 17.0. The molecular weight excluding hydrogens is 1100 g/mol. The Kier molecular flexibility index (Phi) is 29.3. The molecule has 0 aliphatic carbocycles. The molecule has 1 aliphatic heterocycles. The number of nitrogens with one attached hydrogen (secondary N) is 4. The van der Waals surface area contributed by atoms with Crippen LogP contribution in [0.4, 0.5) is 9.59 Å². The van der Waals surface area contributed by atoms with Crippen LogP contribution in [0.5, 0.6) is 0 Å². The lowest BCUT2D eigenvalue weighted by molar-refractivity contribution is -0.236. The molecule has 0 radical (unpaired) electrons. The van der Waals surface area contributed by atoms with Gasteiger partial charge in [-0.15, -0.1) is 0 Å². The molecule has 1 aromatic heterocycles. The third-order valence-corrected chi connectivity index (χ3v) is 13.5. The number of hydrazine groups is 1. The Bertz CT molecular complexity index is 2470. The van der Waals surface area contributed by atoms with Crippen molar-refractivity contribution in [3.63, 3.8) is 0 Å². The van der Waals surface area contributed by atoms with Crippen LogP contribution in [0.3, 0.4) is 0 Å². The molecular formula is C58H86N6O20. The number of aliphatic hydroxyl groups is 4. The summed E-state index contributed by atoms with van der Waals surface area (Å²) in [5.74, 6) is -5.82. The first-order chi connectivity index (χ1) is 39.9. The van der Waals surface area contributed by atoms with Crippen molar-refractivity contribution < 1.29 is 96.9 Å². The van der Waals surface area contributed by atoms with Gasteiger partial charge in [-0.3, -0.25) is 29.6 Å². The summed E-state index contributed by atoms with van der Waals surface area (Å²) in [6.45, 7) is 10.8. The quantitative estimate of drug-likeness (QED) is 0.0174. The lowest BCUT2D eigenvalue weighted by Gasteiger charge is -2.48. The largest absolute Gasteiger partial charge is 0.481 e. The zero-order valence-electron chi connectivity index (χ0n) is 49.2. The van der Waals surface area contributed by atoms with Crippen LogP contribution < -0.4 is 21.4 Å². The predicted octanol–water partition coefficient (Wildman–Crippen LogP) is 2.13. The first-order valence-corrected chi connectivity index (χ1v) is 27.7. The molecule has 0 bridgehead atoms. The lowest BCUT2D eigenvalue weighted by atomic mass is 9.72. The Morgan fingerprint density at radius 1 is 0.690 bits per heavy atom. The van der Waals surface area contributed by atoms with Crippen molar-refractivity contribution in [3.8, 4) is 11.3 Å². The average Bonchev–Trinajstić information content (AvgIpc) is 1.69. The molecule has 9 atom stereocenters. The molecule has 0 spiro atoms. The Balaban J connectivity index is 1.79. The molecule has 9 N–H and O–H groups in total. The van der Waals surface area contributed by atoms with Crippen LogP contribution in [0.25, 0.3) is 11.3 Å². The minimum atomic E-state index is -2.65. The molecule has 1 aliphatic rings. The van der Waals surface area contributed by atoms with E-state index in [9.17, 15) is 49.5 Å². The Morgan fingerprint density at radius 3 is 1.79 bits per heavy atom. The maximum atomic E-state index is 15.2. The second-order valence-corrected chi connectivity index (χ2v) is 22.0. The van der Waals surface area contributed by atoms with Crippen LogP contribution in [-0.2, 0) is 74.8 Å². The van der Waals surface area contributed by atoms with Gasteiger partial charge < -0.3 is 84.1 Å². The first-order valence-electron chi connectivity index (χ1n) is 27.7. The van der Waals surface area contributed by atoms with Crippen LogP contribution >= 0.6 is 0 Å². The molecule has 1 fully saturated rings. The minimum absolute atomic E-state index is 0.0228. The maximum absolute atomic E-state index is 15.2. The molecule has 468 valence electrons. The third-order valence-electron chi connectivity index (χ3n) is 13.5. The fraction of sp³-hybridized carbons (Fsp3) is 0.603. The molecule has 2 heterocycles. The molecule has 4 rings (SSSR count). The molecule has 2 aromatic carbocycles. The number of benzene rings is 2. The third kappa shape index (κ3) is 22.5. The molecule has 26 nitrogen and oxygen atoms in total. The van der Waals surface area contributed by atoms with E-state index in [-0.39, 0.29) is 39.4 Å². The van der Waals surface area contributed by atoms with Crippen LogP contribution in [-0.4, -0.2) is 213 Å². The summed E-state index contributed by atoms with van der Waals surface area (Å²) in [5.41, 5.74) is 0.690. The number of carboxylic acid groups (broad SMARTS) is 1. The van der Waals surface area contributed by atoms with Crippen molar-refractivity contribution in [2.75, 3.05) is 93.4 Å². The summed E-state index contributed by atoms with van der Waals surface area (Å²) in [6.07, 6.45) is -10.7. The van der Waals surface area contributed by atoms with E-state index < -0.39 is 127 Å². The SMILES string of the molecule is COCCOCCOCCOCCOCCOC(=O)N[C@@H](C(=O)NC(Cc1ccccc1)C(CN(Cc1ccc(-c2ccccn2)cc1)NC(=O)C(NC(=O)OC)C(C)(C)C)[C@]1([C@H](O)CO)O[C@H](O)[C@H](O)[C@H]1OC(=O)CCC(=O)O)C(C)(C)C. The van der Waals surface area contributed by atoms with E-state index in [0.717, 1.165) is 12.7 Å². The van der Waals surface area contributed by atoms with Gasteiger partial charge in [0.2, 0.25) is 5.91 Å². The highest BCUT2D eigenvalue weighted by atomic mass is 16.7. The summed E-state index contributed by atoms with van der Waals surface area (Å²) < 4.78 is 49.2. The van der Waals surface area contributed by atoms with Gasteiger partial charge >= 0.3 is 24.1 Å². The minimum Gasteiger partial charge on any atom is -0.481 e. The molecule has 3 aromatic rings. The number of carboxylic acids is 1. The van der Waals surface area contributed by atoms with Gasteiger partial charge in [0.25, 0.3) is 5.91 Å². The number of amides is 4. The van der Waals surface area contributed by atoms with E-state index >= 15 is 4.79 Å². The number of aliphatic carboxylic acids is 1. The Hall–Kier alpha value is -6.43. The van der Waals surface area contributed by atoms with Gasteiger partial charge in [-0.25, -0.2) is 14.6 Å². The molecule has 1 saturated heterocycles. The average molecular weight is 1190 g/mol. The van der Waals surface area contributed by atoms with E-state index in [2.05, 4.69) is 26.4 Å². The number of aromatic nitrogens is 1. The second-order valence-electron chi connectivity index (χ2n) is 22.0. The number of hydrogen-bond acceptors (Lipinski definition) is 21. The van der Waals surface area contributed by atoms with Gasteiger partial charge in [0, 0.05) is 43.9 Å². The van der Waals surface area contributed by atoms with Crippen molar-refractivity contribution in [3.05, 3.63) is 90.1 Å². The molecule has 26 heteroatoms. The van der Waals surface area contributed by atoms with Gasteiger partial charge in [-0.05, 0) is 40.5 Å². The number of carbonyl (C=O) groups is 6. The summed E-state index contributed by atoms with van der Waals surface area (Å²) in [5, 5.41) is 65.8. The highest BCUT2D eigenvalue weighted by molar-refractivity contribution is 5.87. The van der Waals surface area contributed by atoms with Crippen LogP contribution in [0.15, 0.2) is 79.0 Å². The number of hydrogen-bond donors (Lipinski definition) is 9. The van der Waals surface area contributed by atoms with Gasteiger partial charge in [0.1, 0.15) is 36.5 Å². The number of esters is 1. The smallest absolute Gasteiger partial charge is 0.407 e. The number of nitrogens with zero attached hydrogens (tertiary/aromatic N) is 2. The highest BCUT2D eigenvalue weighted by Crippen LogP contribution is 2.44. The number of rotatable bonds is 36. The monoisotopic (exact) mass is 1190 g/mol. The van der Waals surface area contributed by atoms with Gasteiger partial charge in [0.05, 0.1) is 91.7 Å². The van der Waals surface area contributed by atoms with Gasteiger partial charge in [-0.2, -0.15) is 0 Å². The summed E-state index contributed by atoms with van der Waals surface area (Å²) >= 11 is 0. The van der Waals surface area contributed by atoms with E-state index in [1.165, 1.54) is 5.01 Å². The zero-order chi connectivity index (χ0) is 61.9. The van der Waals surface area contributed by atoms with Crippen LogP contribution in [0.1, 0.15) is 65.5 Å². The van der Waals surface area contributed by atoms with E-state index in [1.807, 2.05) is 12.1 Å². The van der Waals surface area contributed by atoms with Crippen LogP contribution in [0, 0.1) is 16.7 Å². The van der Waals surface area contributed by atoms with Crippen molar-refractivity contribution in [1.82, 2.24) is 31.4 Å². The highest BCUT2D eigenvalue weighted by Gasteiger charge is 2.66. The normalized spacial score (nSPS) is 18.8. The Labute approximate surface area is 490 Å². The summed E-state index contributed by atoms with van der Waals surface area (Å²) in [7, 11) is 2.72. The van der Waals surface area contributed by atoms with Crippen LogP contribution in [0.2, 0.25) is 0 Å². The van der Waals surface area contributed by atoms with Crippen molar-refractivity contribution >= 4 is 35.9 Å². The van der Waals surface area contributed by atoms with E-state index in [1.54, 1.807) is 116 Å². The van der Waals surface area contributed by atoms with Gasteiger partial charge in [0.15, 0.2) is 12.4 Å². The molecule has 4 amide bonds. The number of ether oxygens (including phenoxy) is 9. The van der Waals surface area contributed by atoms with E-state index in [0.29, 0.717) is 56.5 Å². The molecule has 84 heavy (non-hydrogen) atoms.